The first-order valence-electron chi connectivity index (χ1n) is 10.9. The van der Waals surface area contributed by atoms with E-state index in [2.05, 4.69) is 27.8 Å². The van der Waals surface area contributed by atoms with Crippen LogP contribution in [0.5, 0.6) is 5.75 Å². The zero-order valence-electron chi connectivity index (χ0n) is 19.0. The first-order chi connectivity index (χ1) is 16.3. The zero-order chi connectivity index (χ0) is 24.4. The minimum Gasteiger partial charge on any atom is -0.427 e. The number of carbonyl (C=O) groups excluding carboxylic acids is 2. The molecule has 1 aliphatic heterocycles. The van der Waals surface area contributed by atoms with Crippen LogP contribution >= 0.6 is 27.7 Å². The van der Waals surface area contributed by atoms with Gasteiger partial charge in [0.05, 0.1) is 16.8 Å². The van der Waals surface area contributed by atoms with Gasteiger partial charge in [0.1, 0.15) is 5.75 Å². The number of fused-ring (bicyclic) bond motifs is 3. The van der Waals surface area contributed by atoms with Crippen LogP contribution in [0.4, 0.5) is 5.69 Å². The fourth-order valence-electron chi connectivity index (χ4n) is 3.92. The molecule has 8 nitrogen and oxygen atoms in total. The van der Waals surface area contributed by atoms with Crippen LogP contribution in [0, 0.1) is 0 Å². The number of para-hydroxylation sites is 1. The van der Waals surface area contributed by atoms with E-state index in [1.807, 2.05) is 12.1 Å². The van der Waals surface area contributed by atoms with E-state index in [4.69, 9.17) is 9.84 Å². The van der Waals surface area contributed by atoms with Crippen molar-refractivity contribution in [1.82, 2.24) is 10.1 Å². The van der Waals surface area contributed by atoms with Crippen LogP contribution in [0.2, 0.25) is 0 Å². The zero-order valence-corrected chi connectivity index (χ0v) is 21.4. The van der Waals surface area contributed by atoms with Crippen LogP contribution < -0.4 is 19.9 Å². The number of benzene rings is 2. The number of esters is 1. The standard InChI is InChI=1S/C24H23BrN4O4S/c1-4-5-12-34-24-26-22(32)21-17-8-6-7-9-20(17)28(14(2)30)23(29(21)27-24)18-13-16(33-15(3)31)10-11-19(18)25/h6-11,13,23H,4-5,12H2,1-3H3/p+1. The van der Waals surface area contributed by atoms with Gasteiger partial charge >= 0.3 is 17.2 Å². The quantitative estimate of drug-likeness (QED) is 0.164. The Balaban J connectivity index is 1.99. The second-order valence-electron chi connectivity index (χ2n) is 7.81. The molecule has 1 aliphatic rings. The summed E-state index contributed by atoms with van der Waals surface area (Å²) in [6.45, 7) is 4.90. The number of halogens is 1. The van der Waals surface area contributed by atoms with E-state index in [9.17, 15) is 14.4 Å². The summed E-state index contributed by atoms with van der Waals surface area (Å²) in [5.41, 5.74) is 1.89. The maximum Gasteiger partial charge on any atom is 0.325 e. The van der Waals surface area contributed by atoms with Crippen molar-refractivity contribution in [2.24, 2.45) is 0 Å². The molecule has 1 atom stereocenters. The molecule has 0 fully saturated rings. The van der Waals surface area contributed by atoms with Gasteiger partial charge in [-0.3, -0.25) is 19.4 Å². The Morgan fingerprint density at radius 3 is 2.71 bits per heavy atom. The number of nitrogens with one attached hydrogen (secondary N) is 1. The summed E-state index contributed by atoms with van der Waals surface area (Å²) in [4.78, 5) is 42.4. The Bertz CT molecular complexity index is 1330. The second kappa shape index (κ2) is 10.1. The molecule has 0 radical (unpaired) electrons. The van der Waals surface area contributed by atoms with Crippen LogP contribution in [0.3, 0.4) is 0 Å². The van der Waals surface area contributed by atoms with Crippen molar-refractivity contribution in [1.29, 1.82) is 0 Å². The largest absolute Gasteiger partial charge is 0.427 e. The number of hydrogen-bond donors (Lipinski definition) is 1. The number of anilines is 1. The minimum atomic E-state index is -0.778. The predicted molar refractivity (Wildman–Crippen MR) is 133 cm³/mol. The number of amides is 1. The summed E-state index contributed by atoms with van der Waals surface area (Å²) >= 11 is 5.04. The van der Waals surface area contributed by atoms with E-state index in [0.717, 1.165) is 18.6 Å². The third-order valence-electron chi connectivity index (χ3n) is 5.34. The van der Waals surface area contributed by atoms with Crippen molar-refractivity contribution in [2.45, 2.75) is 44.9 Å². The molecule has 1 unspecified atom stereocenters. The van der Waals surface area contributed by atoms with Gasteiger partial charge in [-0.25, -0.2) is 4.90 Å². The number of unbranched alkanes of at least 4 members (excludes halogenated alkanes) is 1. The summed E-state index contributed by atoms with van der Waals surface area (Å²) in [5.74, 6) is 0.463. The Labute approximate surface area is 209 Å². The number of H-pyrrole nitrogens is 1. The Hall–Kier alpha value is -2.98. The molecule has 0 aliphatic carbocycles. The maximum atomic E-state index is 13.3. The van der Waals surface area contributed by atoms with Gasteiger partial charge in [-0.05, 0) is 41.4 Å². The molecule has 1 aromatic heterocycles. The highest BCUT2D eigenvalue weighted by Crippen LogP contribution is 2.40. The number of aromatic nitrogens is 3. The lowest BCUT2D eigenvalue weighted by Crippen LogP contribution is -2.60. The molecule has 0 saturated carbocycles. The Kier molecular flexibility index (Phi) is 7.18. The monoisotopic (exact) mass is 543 g/mol. The minimum absolute atomic E-state index is 0.220. The summed E-state index contributed by atoms with van der Waals surface area (Å²) < 4.78 is 7.57. The summed E-state index contributed by atoms with van der Waals surface area (Å²) in [7, 11) is 0. The van der Waals surface area contributed by atoms with E-state index >= 15 is 0 Å². The lowest BCUT2D eigenvalue weighted by atomic mass is 10.0. The van der Waals surface area contributed by atoms with E-state index in [1.165, 1.54) is 25.6 Å². The van der Waals surface area contributed by atoms with Crippen molar-refractivity contribution in [3.05, 3.63) is 62.9 Å². The summed E-state index contributed by atoms with van der Waals surface area (Å²) in [6, 6.07) is 12.3. The third-order valence-corrected chi connectivity index (χ3v) is 7.01. The lowest BCUT2D eigenvalue weighted by molar-refractivity contribution is -0.763. The van der Waals surface area contributed by atoms with Crippen molar-refractivity contribution in [3.63, 3.8) is 0 Å². The molecule has 1 amide bonds. The summed E-state index contributed by atoms with van der Waals surface area (Å²) in [5, 5.41) is 5.24. The maximum absolute atomic E-state index is 13.3. The molecule has 3 aromatic rings. The average molecular weight is 544 g/mol. The molecule has 0 saturated heterocycles. The number of rotatable bonds is 6. The number of ether oxygens (including phenoxy) is 1. The van der Waals surface area contributed by atoms with E-state index in [1.54, 1.807) is 39.9 Å². The highest BCUT2D eigenvalue weighted by atomic mass is 79.9. The molecular weight excluding hydrogens is 520 g/mol. The highest BCUT2D eigenvalue weighted by molar-refractivity contribution is 9.10. The van der Waals surface area contributed by atoms with Crippen LogP contribution in [-0.4, -0.2) is 27.7 Å². The number of thioether (sulfide) groups is 1. The van der Waals surface area contributed by atoms with Gasteiger partial charge in [-0.1, -0.05) is 53.2 Å². The fraction of sp³-hybridized carbons (Fsp3) is 0.292. The molecular formula is C24H24BrN4O4S+. The molecule has 4 rings (SSSR count). The van der Waals surface area contributed by atoms with Gasteiger partial charge in [0, 0.05) is 29.2 Å². The Morgan fingerprint density at radius 2 is 2.00 bits per heavy atom. The van der Waals surface area contributed by atoms with Gasteiger partial charge < -0.3 is 4.74 Å². The van der Waals surface area contributed by atoms with Gasteiger partial charge in [-0.15, -0.1) is 0 Å². The van der Waals surface area contributed by atoms with E-state index < -0.39 is 12.1 Å². The SMILES string of the molecule is CCCCSc1n[n+]2c(c(=O)[nH]1)-c1ccccc1N(C(C)=O)C2c1cc(OC(C)=O)ccc1Br. The number of aromatic amines is 1. The lowest BCUT2D eigenvalue weighted by Gasteiger charge is -2.31. The predicted octanol–water partition coefficient (Wildman–Crippen LogP) is 4.22. The normalized spacial score (nSPS) is 14.4. The van der Waals surface area contributed by atoms with Crippen molar-refractivity contribution in [3.8, 4) is 17.0 Å². The third kappa shape index (κ3) is 4.65. The van der Waals surface area contributed by atoms with Gasteiger partial charge in [0.15, 0.2) is 0 Å². The highest BCUT2D eigenvalue weighted by Gasteiger charge is 2.45. The number of hydrogen-bond acceptors (Lipinski definition) is 6. The van der Waals surface area contributed by atoms with Crippen molar-refractivity contribution in [2.75, 3.05) is 10.7 Å². The van der Waals surface area contributed by atoms with E-state index in [0.29, 0.717) is 37.9 Å². The van der Waals surface area contributed by atoms with Gasteiger partial charge in [0.2, 0.25) is 11.1 Å². The first-order valence-corrected chi connectivity index (χ1v) is 12.7. The number of nitrogens with zero attached hydrogens (tertiary/aromatic N) is 3. The first kappa shape index (κ1) is 24.2. The van der Waals surface area contributed by atoms with E-state index in [-0.39, 0.29) is 11.5 Å². The molecule has 0 spiro atoms. The number of carbonyl (C=O) groups is 2. The van der Waals surface area contributed by atoms with Gasteiger partial charge in [0.25, 0.3) is 6.17 Å². The Morgan fingerprint density at radius 1 is 1.24 bits per heavy atom. The molecule has 1 N–H and O–H groups in total. The fourth-order valence-corrected chi connectivity index (χ4v) is 5.31. The molecule has 176 valence electrons. The smallest absolute Gasteiger partial charge is 0.325 e. The van der Waals surface area contributed by atoms with Gasteiger partial charge in [-0.2, -0.15) is 0 Å². The van der Waals surface area contributed by atoms with Crippen LogP contribution in [0.15, 0.2) is 56.9 Å². The second-order valence-corrected chi connectivity index (χ2v) is 9.75. The van der Waals surface area contributed by atoms with Crippen molar-refractivity contribution < 1.29 is 19.0 Å². The molecule has 34 heavy (non-hydrogen) atoms. The van der Waals surface area contributed by atoms with Crippen molar-refractivity contribution >= 4 is 45.3 Å². The van der Waals surface area contributed by atoms with Crippen LogP contribution in [-0.2, 0) is 9.59 Å². The molecule has 0 bridgehead atoms. The molecule has 10 heteroatoms. The summed E-state index contributed by atoms with van der Waals surface area (Å²) in [6.07, 6.45) is 1.23. The van der Waals surface area contributed by atoms with Crippen LogP contribution in [0.25, 0.3) is 11.3 Å². The topological polar surface area (TPSA) is 96.2 Å². The molecule has 2 heterocycles. The average Bonchev–Trinajstić information content (AvgIpc) is 2.79. The van der Waals surface area contributed by atoms with Crippen LogP contribution in [0.1, 0.15) is 45.3 Å². The molecule has 2 aromatic carbocycles.